The van der Waals surface area contributed by atoms with Gasteiger partial charge in [0.25, 0.3) is 0 Å². The lowest BCUT2D eigenvalue weighted by Crippen LogP contribution is -2.18. The summed E-state index contributed by atoms with van der Waals surface area (Å²) in [6, 6.07) is 6.11. The van der Waals surface area contributed by atoms with Gasteiger partial charge < -0.3 is 5.32 Å². The molecule has 0 aromatic heterocycles. The first kappa shape index (κ1) is 12.5. The minimum absolute atomic E-state index is 0.259. The number of aryl methyl sites for hydroxylation is 1. The van der Waals surface area contributed by atoms with Crippen LogP contribution >= 0.6 is 0 Å². The van der Waals surface area contributed by atoms with Crippen LogP contribution in [0.4, 0.5) is 0 Å². The molecule has 5 heteroatoms. The fourth-order valence-electron chi connectivity index (χ4n) is 1.82. The van der Waals surface area contributed by atoms with E-state index in [0.717, 1.165) is 11.1 Å². The number of hydrogen-bond acceptors (Lipinski definition) is 3. The van der Waals surface area contributed by atoms with Crippen molar-refractivity contribution in [2.75, 3.05) is 0 Å². The molecule has 0 heterocycles. The van der Waals surface area contributed by atoms with Gasteiger partial charge in [-0.1, -0.05) is 19.1 Å². The molecule has 4 nitrogen and oxygen atoms in total. The minimum Gasteiger partial charge on any atom is -0.310 e. The Bertz CT molecular complexity index is 507. The second-order valence-electron chi connectivity index (χ2n) is 4.50. The third-order valence-electron chi connectivity index (χ3n) is 2.99. The zero-order chi connectivity index (χ0) is 12.5. The van der Waals surface area contributed by atoms with E-state index in [9.17, 15) is 8.42 Å². The van der Waals surface area contributed by atoms with E-state index >= 15 is 0 Å². The number of primary sulfonamides is 1. The highest BCUT2D eigenvalue weighted by atomic mass is 32.2. The first-order valence-electron chi connectivity index (χ1n) is 5.88. The Morgan fingerprint density at radius 3 is 2.65 bits per heavy atom. The Morgan fingerprint density at radius 1 is 1.41 bits per heavy atom. The lowest BCUT2D eigenvalue weighted by Gasteiger charge is -2.09. The van der Waals surface area contributed by atoms with E-state index < -0.39 is 10.0 Å². The molecule has 1 saturated carbocycles. The minimum atomic E-state index is -3.62. The zero-order valence-corrected chi connectivity index (χ0v) is 10.8. The molecule has 0 bridgehead atoms. The molecule has 1 aromatic rings. The second-order valence-corrected chi connectivity index (χ2v) is 6.03. The van der Waals surface area contributed by atoms with Gasteiger partial charge in [0, 0.05) is 12.6 Å². The topological polar surface area (TPSA) is 72.2 Å². The number of hydrogen-bond donors (Lipinski definition) is 2. The molecule has 0 saturated heterocycles. The molecule has 1 fully saturated rings. The van der Waals surface area contributed by atoms with Crippen LogP contribution in [0.1, 0.15) is 30.9 Å². The van der Waals surface area contributed by atoms with Crippen molar-refractivity contribution < 1.29 is 8.42 Å². The molecule has 0 aliphatic heterocycles. The maximum Gasteiger partial charge on any atom is 0.238 e. The summed E-state index contributed by atoms with van der Waals surface area (Å²) in [6.07, 6.45) is 3.10. The molecule has 17 heavy (non-hydrogen) atoms. The third kappa shape index (κ3) is 3.28. The van der Waals surface area contributed by atoms with Gasteiger partial charge in [-0.15, -0.1) is 0 Å². The van der Waals surface area contributed by atoms with E-state index in [0.29, 0.717) is 19.0 Å². The molecule has 1 aliphatic rings. The van der Waals surface area contributed by atoms with E-state index in [1.54, 1.807) is 6.07 Å². The van der Waals surface area contributed by atoms with Crippen LogP contribution in [0.25, 0.3) is 0 Å². The summed E-state index contributed by atoms with van der Waals surface area (Å²) in [5.41, 5.74) is 1.75. The van der Waals surface area contributed by atoms with E-state index in [2.05, 4.69) is 5.32 Å². The first-order valence-corrected chi connectivity index (χ1v) is 7.43. The van der Waals surface area contributed by atoms with Crippen LogP contribution in [0.15, 0.2) is 23.1 Å². The van der Waals surface area contributed by atoms with E-state index in [1.165, 1.54) is 12.8 Å². The summed E-state index contributed by atoms with van der Waals surface area (Å²) in [7, 11) is -3.62. The number of benzene rings is 1. The van der Waals surface area contributed by atoms with Crippen LogP contribution in [0.3, 0.4) is 0 Å². The summed E-state index contributed by atoms with van der Waals surface area (Å²) in [5.74, 6) is 0. The van der Waals surface area contributed by atoms with Gasteiger partial charge in [-0.3, -0.25) is 0 Å². The van der Waals surface area contributed by atoms with Gasteiger partial charge in [0.05, 0.1) is 4.90 Å². The van der Waals surface area contributed by atoms with E-state index in [4.69, 9.17) is 5.14 Å². The number of nitrogens with one attached hydrogen (secondary N) is 1. The Kier molecular flexibility index (Phi) is 3.51. The van der Waals surface area contributed by atoms with Crippen molar-refractivity contribution in [2.24, 2.45) is 5.14 Å². The van der Waals surface area contributed by atoms with Gasteiger partial charge in [-0.2, -0.15) is 0 Å². The van der Waals surface area contributed by atoms with Crippen LogP contribution in [0.5, 0.6) is 0 Å². The molecule has 1 aromatic carbocycles. The Balaban J connectivity index is 2.23. The molecule has 2 rings (SSSR count). The van der Waals surface area contributed by atoms with Crippen molar-refractivity contribution in [3.05, 3.63) is 29.3 Å². The van der Waals surface area contributed by atoms with Gasteiger partial charge in [0.1, 0.15) is 0 Å². The van der Waals surface area contributed by atoms with Crippen molar-refractivity contribution >= 4 is 10.0 Å². The highest BCUT2D eigenvalue weighted by molar-refractivity contribution is 7.89. The SMILES string of the molecule is CCc1ccc(CNC2CC2)cc1S(N)(=O)=O. The number of nitrogens with two attached hydrogens (primary N) is 1. The monoisotopic (exact) mass is 254 g/mol. The molecule has 0 spiro atoms. The van der Waals surface area contributed by atoms with Crippen molar-refractivity contribution in [1.82, 2.24) is 5.32 Å². The maximum absolute atomic E-state index is 11.5. The Labute approximate surface area is 102 Å². The van der Waals surface area contributed by atoms with Gasteiger partial charge >= 0.3 is 0 Å². The van der Waals surface area contributed by atoms with Crippen LogP contribution in [0.2, 0.25) is 0 Å². The molecule has 3 N–H and O–H groups in total. The second kappa shape index (κ2) is 4.76. The smallest absolute Gasteiger partial charge is 0.238 e. The van der Waals surface area contributed by atoms with Gasteiger partial charge in [-0.05, 0) is 36.5 Å². The molecule has 0 unspecified atom stereocenters. The summed E-state index contributed by atoms with van der Waals surface area (Å²) in [5, 5.41) is 8.58. The van der Waals surface area contributed by atoms with Crippen LogP contribution in [-0.2, 0) is 23.0 Å². The lowest BCUT2D eigenvalue weighted by atomic mass is 10.1. The molecular weight excluding hydrogens is 236 g/mol. The lowest BCUT2D eigenvalue weighted by molar-refractivity contribution is 0.596. The Hall–Kier alpha value is -0.910. The predicted octanol–water partition coefficient (Wildman–Crippen LogP) is 1.15. The van der Waals surface area contributed by atoms with E-state index in [1.807, 2.05) is 19.1 Å². The summed E-state index contributed by atoms with van der Waals surface area (Å²) in [4.78, 5) is 0.259. The molecule has 0 atom stereocenters. The third-order valence-corrected chi connectivity index (χ3v) is 3.98. The maximum atomic E-state index is 11.5. The van der Waals surface area contributed by atoms with Crippen molar-refractivity contribution in [1.29, 1.82) is 0 Å². The fraction of sp³-hybridized carbons (Fsp3) is 0.500. The van der Waals surface area contributed by atoms with Crippen LogP contribution in [0, 0.1) is 0 Å². The standard InChI is InChI=1S/C12H18N2O2S/c1-2-10-4-3-9(8-14-11-5-6-11)7-12(10)17(13,15)16/h3-4,7,11,14H,2,5-6,8H2,1H3,(H2,13,15,16). The quantitative estimate of drug-likeness (QED) is 0.828. The largest absolute Gasteiger partial charge is 0.310 e. The van der Waals surface area contributed by atoms with Gasteiger partial charge in [0.15, 0.2) is 0 Å². The van der Waals surface area contributed by atoms with Crippen LogP contribution < -0.4 is 10.5 Å². The van der Waals surface area contributed by atoms with Gasteiger partial charge in [0.2, 0.25) is 10.0 Å². The Morgan fingerprint density at radius 2 is 2.12 bits per heavy atom. The highest BCUT2D eigenvalue weighted by Gasteiger charge is 2.20. The molecular formula is C12H18N2O2S. The molecule has 1 aliphatic carbocycles. The summed E-state index contributed by atoms with van der Waals surface area (Å²) < 4.78 is 22.9. The first-order chi connectivity index (χ1) is 8.00. The highest BCUT2D eigenvalue weighted by Crippen LogP contribution is 2.21. The molecule has 94 valence electrons. The molecule has 0 amide bonds. The van der Waals surface area contributed by atoms with Crippen LogP contribution in [-0.4, -0.2) is 14.5 Å². The van der Waals surface area contributed by atoms with Crippen molar-refractivity contribution in [2.45, 2.75) is 43.7 Å². The van der Waals surface area contributed by atoms with E-state index in [-0.39, 0.29) is 4.90 Å². The normalized spacial score (nSPS) is 16.1. The van der Waals surface area contributed by atoms with Crippen molar-refractivity contribution in [3.63, 3.8) is 0 Å². The zero-order valence-electron chi connectivity index (χ0n) is 9.94. The molecule has 0 radical (unpaired) electrons. The summed E-state index contributed by atoms with van der Waals surface area (Å²) >= 11 is 0. The average Bonchev–Trinajstić information content (AvgIpc) is 3.08. The summed E-state index contributed by atoms with van der Waals surface area (Å²) in [6.45, 7) is 2.63. The van der Waals surface area contributed by atoms with Gasteiger partial charge in [-0.25, -0.2) is 13.6 Å². The average molecular weight is 254 g/mol. The number of rotatable bonds is 5. The number of sulfonamides is 1. The van der Waals surface area contributed by atoms with Crippen molar-refractivity contribution in [3.8, 4) is 0 Å². The predicted molar refractivity (Wildman–Crippen MR) is 67.1 cm³/mol. The fourth-order valence-corrected chi connectivity index (χ4v) is 2.71.